The van der Waals surface area contributed by atoms with Gasteiger partial charge in [0, 0.05) is 38.1 Å². The molecule has 1 aromatic rings. The van der Waals surface area contributed by atoms with Crippen LogP contribution in [0.15, 0.2) is 18.2 Å². The molecule has 1 fully saturated rings. The molecule has 0 aromatic heterocycles. The third-order valence-electron chi connectivity index (χ3n) is 4.90. The molecule has 0 aliphatic carbocycles. The summed E-state index contributed by atoms with van der Waals surface area (Å²) >= 11 is 0. The van der Waals surface area contributed by atoms with Crippen LogP contribution in [0, 0.1) is 0 Å². The second kappa shape index (κ2) is 4.39. The number of β-amino-alcohol motifs (C(OH)–C–C–N with tert-alkyl or cyclic N) is 1. The number of aliphatic hydroxyl groups excluding tert-OH is 1. The van der Waals surface area contributed by atoms with Crippen LogP contribution in [-0.2, 0) is 0 Å². The van der Waals surface area contributed by atoms with Crippen molar-refractivity contribution >= 4 is 11.4 Å². The third kappa shape index (κ3) is 1.60. The molecule has 4 rings (SSSR count). The molecule has 0 saturated carbocycles. The first-order valence-electron chi connectivity index (χ1n) is 7.36. The first-order chi connectivity index (χ1) is 9.40. The molecule has 3 aliphatic rings. The van der Waals surface area contributed by atoms with Crippen molar-refractivity contribution in [2.75, 3.05) is 49.1 Å². The van der Waals surface area contributed by atoms with Crippen molar-refractivity contribution in [1.82, 2.24) is 5.32 Å². The van der Waals surface area contributed by atoms with Crippen LogP contribution in [0.2, 0.25) is 0 Å². The average molecular weight is 259 g/mol. The number of aliphatic hydroxyl groups is 1. The van der Waals surface area contributed by atoms with E-state index in [9.17, 15) is 5.11 Å². The molecular weight excluding hydrogens is 238 g/mol. The lowest BCUT2D eigenvalue weighted by molar-refractivity contribution is 0.301. The third-order valence-corrected chi connectivity index (χ3v) is 4.90. The number of hydrogen-bond acceptors (Lipinski definition) is 4. The van der Waals surface area contributed by atoms with Gasteiger partial charge in [-0.1, -0.05) is 12.1 Å². The van der Waals surface area contributed by atoms with Crippen LogP contribution in [-0.4, -0.2) is 50.5 Å². The summed E-state index contributed by atoms with van der Waals surface area (Å²) in [6.07, 6.45) is 1.25. The van der Waals surface area contributed by atoms with Crippen molar-refractivity contribution in [3.63, 3.8) is 0 Å². The molecule has 102 valence electrons. The Kier molecular flexibility index (Phi) is 2.67. The highest BCUT2D eigenvalue weighted by atomic mass is 16.3. The number of nitrogens with zero attached hydrogens (tertiary/aromatic N) is 2. The molecule has 0 bridgehead atoms. The van der Waals surface area contributed by atoms with E-state index in [4.69, 9.17) is 0 Å². The van der Waals surface area contributed by atoms with Crippen LogP contribution in [0.5, 0.6) is 0 Å². The van der Waals surface area contributed by atoms with E-state index in [-0.39, 0.29) is 6.61 Å². The Morgan fingerprint density at radius 1 is 1.32 bits per heavy atom. The van der Waals surface area contributed by atoms with E-state index in [0.29, 0.717) is 12.0 Å². The number of benzene rings is 1. The van der Waals surface area contributed by atoms with Gasteiger partial charge in [-0.2, -0.15) is 0 Å². The van der Waals surface area contributed by atoms with Crippen LogP contribution in [0.1, 0.15) is 17.9 Å². The summed E-state index contributed by atoms with van der Waals surface area (Å²) in [5.41, 5.74) is 4.28. The minimum Gasteiger partial charge on any atom is -0.395 e. The summed E-state index contributed by atoms with van der Waals surface area (Å²) in [4.78, 5) is 4.96. The van der Waals surface area contributed by atoms with E-state index < -0.39 is 0 Å². The van der Waals surface area contributed by atoms with Crippen LogP contribution < -0.4 is 15.1 Å². The molecule has 3 heterocycles. The predicted molar refractivity (Wildman–Crippen MR) is 77.1 cm³/mol. The van der Waals surface area contributed by atoms with E-state index in [0.717, 1.165) is 32.7 Å². The van der Waals surface area contributed by atoms with Gasteiger partial charge in [-0.15, -0.1) is 0 Å². The van der Waals surface area contributed by atoms with Crippen molar-refractivity contribution in [2.45, 2.75) is 18.4 Å². The maximum atomic E-state index is 9.24. The summed E-state index contributed by atoms with van der Waals surface area (Å²) in [5.74, 6) is 0.651. The minimum atomic E-state index is 0.234. The Hall–Kier alpha value is -1.26. The molecule has 19 heavy (non-hydrogen) atoms. The molecule has 3 aliphatic heterocycles. The van der Waals surface area contributed by atoms with Gasteiger partial charge < -0.3 is 20.2 Å². The topological polar surface area (TPSA) is 38.7 Å². The molecule has 1 aromatic carbocycles. The van der Waals surface area contributed by atoms with Gasteiger partial charge in [-0.3, -0.25) is 0 Å². The Morgan fingerprint density at radius 3 is 3.16 bits per heavy atom. The molecule has 1 unspecified atom stereocenters. The van der Waals surface area contributed by atoms with Crippen LogP contribution in [0.4, 0.5) is 11.4 Å². The maximum Gasteiger partial charge on any atom is 0.0644 e. The molecule has 4 nitrogen and oxygen atoms in total. The zero-order valence-corrected chi connectivity index (χ0v) is 11.2. The van der Waals surface area contributed by atoms with E-state index in [1.54, 1.807) is 0 Å². The Labute approximate surface area is 114 Å². The summed E-state index contributed by atoms with van der Waals surface area (Å²) in [7, 11) is 0. The number of nitrogens with one attached hydrogen (secondary N) is 1. The normalized spacial score (nSPS) is 28.3. The Bertz CT molecular complexity index is 490. The molecule has 0 radical (unpaired) electrons. The monoisotopic (exact) mass is 259 g/mol. The van der Waals surface area contributed by atoms with Gasteiger partial charge in [0.15, 0.2) is 0 Å². The lowest BCUT2D eigenvalue weighted by Crippen LogP contribution is -2.49. The summed E-state index contributed by atoms with van der Waals surface area (Å²) in [6, 6.07) is 7.38. The largest absolute Gasteiger partial charge is 0.395 e. The maximum absolute atomic E-state index is 9.24. The fraction of sp³-hybridized carbons (Fsp3) is 0.600. The fourth-order valence-electron chi connectivity index (χ4n) is 4.10. The molecule has 0 amide bonds. The molecule has 2 N–H and O–H groups in total. The van der Waals surface area contributed by atoms with Crippen molar-refractivity contribution < 1.29 is 5.11 Å². The molecule has 0 spiro atoms. The van der Waals surface area contributed by atoms with Gasteiger partial charge in [-0.25, -0.2) is 0 Å². The number of fused-ring (bicyclic) bond motifs is 3. The number of piperidine rings is 1. The van der Waals surface area contributed by atoms with Crippen molar-refractivity contribution in [2.24, 2.45) is 0 Å². The van der Waals surface area contributed by atoms with E-state index >= 15 is 0 Å². The van der Waals surface area contributed by atoms with E-state index in [1.165, 1.54) is 23.4 Å². The summed E-state index contributed by atoms with van der Waals surface area (Å²) in [5, 5.41) is 12.8. The minimum absolute atomic E-state index is 0.234. The average Bonchev–Trinajstić information content (AvgIpc) is 2.79. The number of rotatable bonds is 2. The highest BCUT2D eigenvalue weighted by Gasteiger charge is 2.43. The number of hydrogen-bond donors (Lipinski definition) is 2. The summed E-state index contributed by atoms with van der Waals surface area (Å²) < 4.78 is 0. The second-order valence-electron chi connectivity index (χ2n) is 5.79. The first-order valence-corrected chi connectivity index (χ1v) is 7.36. The quantitative estimate of drug-likeness (QED) is 0.823. The summed E-state index contributed by atoms with van der Waals surface area (Å²) in [6.45, 7) is 5.37. The smallest absolute Gasteiger partial charge is 0.0644 e. The first kappa shape index (κ1) is 11.6. The second-order valence-corrected chi connectivity index (χ2v) is 5.79. The van der Waals surface area contributed by atoms with Gasteiger partial charge in [0.2, 0.25) is 0 Å². The molecular formula is C15H21N3O. The lowest BCUT2D eigenvalue weighted by atomic mass is 9.90. The Balaban J connectivity index is 1.80. The SMILES string of the molecule is OCCN1CCN2c3c(cccc31)C1CNCC[C@@H]12. The van der Waals surface area contributed by atoms with Crippen LogP contribution in [0.3, 0.4) is 0 Å². The van der Waals surface area contributed by atoms with Crippen molar-refractivity contribution in [3.8, 4) is 0 Å². The molecule has 4 heteroatoms. The van der Waals surface area contributed by atoms with Gasteiger partial charge in [-0.05, 0) is 24.6 Å². The van der Waals surface area contributed by atoms with Gasteiger partial charge in [0.25, 0.3) is 0 Å². The standard InChI is InChI=1S/C15H21N3O/c19-9-8-17-6-7-18-13-4-5-16-10-12(13)11-2-1-3-14(17)15(11)18/h1-3,12-13,16,19H,4-10H2/t12?,13-/m0/s1. The van der Waals surface area contributed by atoms with Crippen LogP contribution in [0.25, 0.3) is 0 Å². The van der Waals surface area contributed by atoms with Gasteiger partial charge in [0.1, 0.15) is 0 Å². The predicted octanol–water partition coefficient (Wildman–Crippen LogP) is 0.764. The fourth-order valence-corrected chi connectivity index (χ4v) is 4.10. The lowest BCUT2D eigenvalue weighted by Gasteiger charge is -2.40. The Morgan fingerprint density at radius 2 is 2.26 bits per heavy atom. The number of para-hydroxylation sites is 1. The van der Waals surface area contributed by atoms with Gasteiger partial charge >= 0.3 is 0 Å². The molecule has 2 atom stereocenters. The van der Waals surface area contributed by atoms with Crippen molar-refractivity contribution in [1.29, 1.82) is 0 Å². The zero-order chi connectivity index (χ0) is 12.8. The zero-order valence-electron chi connectivity index (χ0n) is 11.2. The highest BCUT2D eigenvalue weighted by Crippen LogP contribution is 2.49. The van der Waals surface area contributed by atoms with Gasteiger partial charge in [0.05, 0.1) is 18.0 Å². The highest BCUT2D eigenvalue weighted by molar-refractivity contribution is 5.81. The van der Waals surface area contributed by atoms with Crippen molar-refractivity contribution in [3.05, 3.63) is 23.8 Å². The van der Waals surface area contributed by atoms with E-state index in [1.807, 2.05) is 0 Å². The van der Waals surface area contributed by atoms with E-state index in [2.05, 4.69) is 33.3 Å². The van der Waals surface area contributed by atoms with Crippen LogP contribution >= 0.6 is 0 Å². The molecule has 1 saturated heterocycles. The number of anilines is 2.